The first-order chi connectivity index (χ1) is 12.7. The molecule has 6 heteroatoms. The van der Waals surface area contributed by atoms with Crippen molar-refractivity contribution in [2.75, 3.05) is 13.2 Å². The van der Waals surface area contributed by atoms with E-state index < -0.39 is 11.8 Å². The molecular weight excluding hydrogens is 330 g/mol. The molecule has 0 bridgehead atoms. The molecule has 0 heterocycles. The fraction of sp³-hybridized carbons (Fsp3) is 0.250. The van der Waals surface area contributed by atoms with Crippen LogP contribution in [0.15, 0.2) is 59.7 Å². The highest BCUT2D eigenvalue weighted by Gasteiger charge is 2.11. The Balaban J connectivity index is 1.78. The van der Waals surface area contributed by atoms with Crippen LogP contribution < -0.4 is 15.5 Å². The van der Waals surface area contributed by atoms with Crippen LogP contribution in [0.2, 0.25) is 0 Å². The fourth-order valence-electron chi connectivity index (χ4n) is 2.19. The van der Waals surface area contributed by atoms with Crippen LogP contribution in [0.1, 0.15) is 24.5 Å². The number of nitrogens with one attached hydrogen (secondary N) is 2. The standard InChI is InChI=1S/C20H23N3O3/c1-2-14-26-18-11-7-6-10-17(18)15-22-23-20(25)19(24)21-13-12-16-8-4-3-5-9-16/h3-11,15H,2,12-14H2,1H3,(H,21,24)(H,23,25)/b22-15-. The number of hydrazone groups is 1. The zero-order valence-electron chi connectivity index (χ0n) is 14.8. The minimum atomic E-state index is -0.804. The van der Waals surface area contributed by atoms with Gasteiger partial charge in [0, 0.05) is 12.1 Å². The Morgan fingerprint density at radius 2 is 1.77 bits per heavy atom. The van der Waals surface area contributed by atoms with Crippen molar-refractivity contribution in [3.63, 3.8) is 0 Å². The molecular formula is C20H23N3O3. The van der Waals surface area contributed by atoms with Gasteiger partial charge in [-0.3, -0.25) is 9.59 Å². The maximum absolute atomic E-state index is 11.8. The third-order valence-corrected chi connectivity index (χ3v) is 3.50. The van der Waals surface area contributed by atoms with Gasteiger partial charge in [-0.2, -0.15) is 5.10 Å². The molecule has 26 heavy (non-hydrogen) atoms. The number of nitrogens with zero attached hydrogens (tertiary/aromatic N) is 1. The predicted molar refractivity (Wildman–Crippen MR) is 101 cm³/mol. The van der Waals surface area contributed by atoms with Crippen molar-refractivity contribution in [1.82, 2.24) is 10.7 Å². The molecule has 6 nitrogen and oxygen atoms in total. The number of carbonyl (C=O) groups excluding carboxylic acids is 2. The van der Waals surface area contributed by atoms with Crippen LogP contribution in [-0.4, -0.2) is 31.2 Å². The number of rotatable bonds is 8. The summed E-state index contributed by atoms with van der Waals surface area (Å²) >= 11 is 0. The van der Waals surface area contributed by atoms with Crippen molar-refractivity contribution in [1.29, 1.82) is 0 Å². The average molecular weight is 353 g/mol. The SMILES string of the molecule is CCCOc1ccccc1/C=N\NC(=O)C(=O)NCCc1ccccc1. The molecule has 0 aliphatic heterocycles. The van der Waals surface area contributed by atoms with Crippen molar-refractivity contribution in [2.24, 2.45) is 5.10 Å². The molecule has 0 atom stereocenters. The molecule has 0 unspecified atom stereocenters. The molecule has 2 amide bonds. The molecule has 2 aromatic carbocycles. The Morgan fingerprint density at radius 1 is 1.04 bits per heavy atom. The lowest BCUT2D eigenvalue weighted by Crippen LogP contribution is -2.38. The predicted octanol–water partition coefficient (Wildman–Crippen LogP) is 2.28. The first kappa shape index (κ1) is 19.2. The molecule has 136 valence electrons. The number of ether oxygens (including phenoxy) is 1. The third-order valence-electron chi connectivity index (χ3n) is 3.50. The average Bonchev–Trinajstić information content (AvgIpc) is 2.68. The van der Waals surface area contributed by atoms with Crippen LogP contribution in [0.3, 0.4) is 0 Å². The quantitative estimate of drug-likeness (QED) is 0.434. The number of para-hydroxylation sites is 1. The summed E-state index contributed by atoms with van der Waals surface area (Å²) in [5, 5.41) is 6.40. The molecule has 0 fully saturated rings. The lowest BCUT2D eigenvalue weighted by molar-refractivity contribution is -0.139. The molecule has 2 N–H and O–H groups in total. The maximum Gasteiger partial charge on any atom is 0.329 e. The van der Waals surface area contributed by atoms with Crippen LogP contribution >= 0.6 is 0 Å². The Morgan fingerprint density at radius 3 is 2.54 bits per heavy atom. The molecule has 0 saturated heterocycles. The second-order valence-corrected chi connectivity index (χ2v) is 5.58. The van der Waals surface area contributed by atoms with Crippen molar-refractivity contribution >= 4 is 18.0 Å². The number of hydrogen-bond acceptors (Lipinski definition) is 4. The normalized spacial score (nSPS) is 10.5. The van der Waals surface area contributed by atoms with Crippen molar-refractivity contribution in [2.45, 2.75) is 19.8 Å². The Hall–Kier alpha value is -3.15. The molecule has 2 rings (SSSR count). The Labute approximate surface area is 153 Å². The Kier molecular flexibility index (Phi) is 7.86. The maximum atomic E-state index is 11.8. The van der Waals surface area contributed by atoms with Gasteiger partial charge in [0.1, 0.15) is 5.75 Å². The van der Waals surface area contributed by atoms with Gasteiger partial charge in [0.25, 0.3) is 0 Å². The molecule has 0 saturated carbocycles. The van der Waals surface area contributed by atoms with Gasteiger partial charge in [-0.05, 0) is 30.5 Å². The second-order valence-electron chi connectivity index (χ2n) is 5.58. The monoisotopic (exact) mass is 353 g/mol. The van der Waals surface area contributed by atoms with Gasteiger partial charge in [0.05, 0.1) is 12.8 Å². The van der Waals surface area contributed by atoms with E-state index in [1.54, 1.807) is 0 Å². The van der Waals surface area contributed by atoms with E-state index in [9.17, 15) is 9.59 Å². The largest absolute Gasteiger partial charge is 0.493 e. The van der Waals surface area contributed by atoms with E-state index in [1.165, 1.54) is 6.21 Å². The van der Waals surface area contributed by atoms with Crippen LogP contribution in [0.25, 0.3) is 0 Å². The molecule has 0 radical (unpaired) electrons. The van der Waals surface area contributed by atoms with E-state index in [-0.39, 0.29) is 0 Å². The first-order valence-electron chi connectivity index (χ1n) is 8.57. The molecule has 0 aromatic heterocycles. The van der Waals surface area contributed by atoms with E-state index in [0.717, 1.165) is 17.5 Å². The van der Waals surface area contributed by atoms with Crippen molar-refractivity contribution in [3.8, 4) is 5.75 Å². The van der Waals surface area contributed by atoms with E-state index in [4.69, 9.17) is 4.74 Å². The smallest absolute Gasteiger partial charge is 0.329 e. The summed E-state index contributed by atoms with van der Waals surface area (Å²) in [7, 11) is 0. The highest BCUT2D eigenvalue weighted by atomic mass is 16.5. The molecule has 0 aliphatic rings. The van der Waals surface area contributed by atoms with E-state index in [0.29, 0.717) is 25.3 Å². The van der Waals surface area contributed by atoms with Gasteiger partial charge in [0.15, 0.2) is 0 Å². The zero-order chi connectivity index (χ0) is 18.6. The number of amides is 2. The lowest BCUT2D eigenvalue weighted by Gasteiger charge is -2.07. The highest BCUT2D eigenvalue weighted by molar-refractivity contribution is 6.35. The molecule has 0 aliphatic carbocycles. The number of carbonyl (C=O) groups is 2. The topological polar surface area (TPSA) is 79.8 Å². The highest BCUT2D eigenvalue weighted by Crippen LogP contribution is 2.15. The summed E-state index contributed by atoms with van der Waals surface area (Å²) in [6.07, 6.45) is 3.01. The van der Waals surface area contributed by atoms with Gasteiger partial charge in [-0.25, -0.2) is 5.43 Å². The van der Waals surface area contributed by atoms with Crippen LogP contribution in [0, 0.1) is 0 Å². The second kappa shape index (κ2) is 10.7. The zero-order valence-corrected chi connectivity index (χ0v) is 14.8. The minimum absolute atomic E-state index is 0.383. The van der Waals surface area contributed by atoms with E-state index >= 15 is 0 Å². The summed E-state index contributed by atoms with van der Waals surface area (Å²) in [6, 6.07) is 17.1. The van der Waals surface area contributed by atoms with Gasteiger partial charge in [-0.1, -0.05) is 49.4 Å². The summed E-state index contributed by atoms with van der Waals surface area (Å²) < 4.78 is 5.60. The van der Waals surface area contributed by atoms with Crippen LogP contribution in [0.4, 0.5) is 0 Å². The summed E-state index contributed by atoms with van der Waals surface area (Å²) in [4.78, 5) is 23.5. The molecule has 0 spiro atoms. The summed E-state index contributed by atoms with van der Waals surface area (Å²) in [5.41, 5.74) is 4.05. The number of hydrogen-bond donors (Lipinski definition) is 2. The van der Waals surface area contributed by atoms with Gasteiger partial charge in [-0.15, -0.1) is 0 Å². The van der Waals surface area contributed by atoms with Crippen LogP contribution in [-0.2, 0) is 16.0 Å². The van der Waals surface area contributed by atoms with Gasteiger partial charge >= 0.3 is 11.8 Å². The minimum Gasteiger partial charge on any atom is -0.493 e. The van der Waals surface area contributed by atoms with Crippen molar-refractivity contribution in [3.05, 3.63) is 65.7 Å². The van der Waals surface area contributed by atoms with E-state index in [1.807, 2.05) is 61.5 Å². The Bertz CT molecular complexity index is 745. The summed E-state index contributed by atoms with van der Waals surface area (Å²) in [5.74, 6) is -0.838. The fourth-order valence-corrected chi connectivity index (χ4v) is 2.19. The summed E-state index contributed by atoms with van der Waals surface area (Å²) in [6.45, 7) is 3.00. The number of benzene rings is 2. The van der Waals surface area contributed by atoms with Crippen molar-refractivity contribution < 1.29 is 14.3 Å². The van der Waals surface area contributed by atoms with Gasteiger partial charge < -0.3 is 10.1 Å². The lowest BCUT2D eigenvalue weighted by atomic mass is 10.1. The first-order valence-corrected chi connectivity index (χ1v) is 8.57. The third kappa shape index (κ3) is 6.39. The van der Waals surface area contributed by atoms with Crippen LogP contribution in [0.5, 0.6) is 5.75 Å². The molecule has 2 aromatic rings. The van der Waals surface area contributed by atoms with Gasteiger partial charge in [0.2, 0.25) is 0 Å². The van der Waals surface area contributed by atoms with E-state index in [2.05, 4.69) is 15.8 Å².